The monoisotopic (exact) mass is 285 g/mol. The predicted octanol–water partition coefficient (Wildman–Crippen LogP) is 5.05. The van der Waals surface area contributed by atoms with Gasteiger partial charge in [-0.05, 0) is 30.7 Å². The van der Waals surface area contributed by atoms with Crippen LogP contribution >= 0.6 is 23.2 Å². The molecule has 0 aliphatic carbocycles. The first-order valence-corrected chi connectivity index (χ1v) is 6.91. The van der Waals surface area contributed by atoms with Crippen LogP contribution in [0.2, 0.25) is 10.0 Å². The highest BCUT2D eigenvalue weighted by molar-refractivity contribution is 6.44. The third-order valence-corrected chi connectivity index (χ3v) is 3.78. The molecule has 0 fully saturated rings. The molecule has 98 valence electrons. The van der Waals surface area contributed by atoms with Crippen LogP contribution in [0.3, 0.4) is 0 Å². The number of benzene rings is 1. The first-order valence-electron chi connectivity index (χ1n) is 6.15. The van der Waals surface area contributed by atoms with E-state index >= 15 is 0 Å². The first kappa shape index (κ1) is 13.7. The van der Waals surface area contributed by atoms with E-state index < -0.39 is 0 Å². The summed E-state index contributed by atoms with van der Waals surface area (Å²) in [6.07, 6.45) is 0. The molecule has 0 bridgehead atoms. The molecule has 2 aromatic rings. The Morgan fingerprint density at radius 3 is 2.61 bits per heavy atom. The van der Waals surface area contributed by atoms with E-state index in [-0.39, 0.29) is 6.04 Å². The van der Waals surface area contributed by atoms with Crippen molar-refractivity contribution in [2.75, 3.05) is 6.54 Å². The molecular formula is C14H17Cl2NO. The zero-order valence-corrected chi connectivity index (χ0v) is 12.3. The molecule has 2 rings (SSSR count). The zero-order chi connectivity index (χ0) is 13.3. The maximum Gasteiger partial charge on any atom is 0.154 e. The van der Waals surface area contributed by atoms with Crippen LogP contribution in [0.5, 0.6) is 0 Å². The van der Waals surface area contributed by atoms with Gasteiger partial charge in [-0.3, -0.25) is 0 Å². The minimum absolute atomic E-state index is 0.192. The molecule has 4 heteroatoms. The quantitative estimate of drug-likeness (QED) is 0.851. The lowest BCUT2D eigenvalue weighted by Crippen LogP contribution is -2.24. The van der Waals surface area contributed by atoms with Gasteiger partial charge in [-0.1, -0.05) is 44.0 Å². The number of halogens is 2. The number of furan rings is 1. The van der Waals surface area contributed by atoms with E-state index in [1.807, 2.05) is 12.1 Å². The summed E-state index contributed by atoms with van der Waals surface area (Å²) in [5.41, 5.74) is 0.669. The van der Waals surface area contributed by atoms with E-state index in [4.69, 9.17) is 27.6 Å². The summed E-state index contributed by atoms with van der Waals surface area (Å²) in [4.78, 5) is 0. The molecule has 0 amide bonds. The van der Waals surface area contributed by atoms with Crippen LogP contribution in [-0.4, -0.2) is 6.54 Å². The Hall–Kier alpha value is -0.700. The largest absolute Gasteiger partial charge is 0.458 e. The Balaban J connectivity index is 2.48. The lowest BCUT2D eigenvalue weighted by atomic mass is 10.0. The van der Waals surface area contributed by atoms with Crippen molar-refractivity contribution in [3.05, 3.63) is 34.0 Å². The molecule has 0 aliphatic heterocycles. The molecular weight excluding hydrogens is 269 g/mol. The molecule has 0 spiro atoms. The van der Waals surface area contributed by atoms with Crippen molar-refractivity contribution >= 4 is 34.2 Å². The molecule has 2 nitrogen and oxygen atoms in total. The fourth-order valence-electron chi connectivity index (χ4n) is 2.10. The number of fused-ring (bicyclic) bond motifs is 1. The van der Waals surface area contributed by atoms with Gasteiger partial charge in [0.15, 0.2) is 5.58 Å². The van der Waals surface area contributed by atoms with Crippen molar-refractivity contribution in [2.24, 2.45) is 5.92 Å². The molecule has 0 saturated carbocycles. The molecule has 1 aromatic carbocycles. The van der Waals surface area contributed by atoms with Crippen LogP contribution in [0.1, 0.15) is 32.6 Å². The summed E-state index contributed by atoms with van der Waals surface area (Å²) < 4.78 is 5.88. The van der Waals surface area contributed by atoms with Gasteiger partial charge in [0.1, 0.15) is 10.8 Å². The first-order chi connectivity index (χ1) is 8.54. The SMILES string of the molecule is CCNC(c1cc2ccc(Cl)c(Cl)c2o1)C(C)C. The summed E-state index contributed by atoms with van der Waals surface area (Å²) in [5, 5.41) is 5.42. The lowest BCUT2D eigenvalue weighted by Gasteiger charge is -2.19. The fourth-order valence-corrected chi connectivity index (χ4v) is 2.46. The molecule has 1 heterocycles. The number of rotatable bonds is 4. The van der Waals surface area contributed by atoms with Gasteiger partial charge in [0, 0.05) is 5.39 Å². The van der Waals surface area contributed by atoms with E-state index in [9.17, 15) is 0 Å². The van der Waals surface area contributed by atoms with Gasteiger partial charge < -0.3 is 9.73 Å². The molecule has 1 atom stereocenters. The average Bonchev–Trinajstić information content (AvgIpc) is 2.75. The molecule has 0 aliphatic rings. The summed E-state index contributed by atoms with van der Waals surface area (Å²) in [6, 6.07) is 5.95. The maximum absolute atomic E-state index is 6.15. The fraction of sp³-hybridized carbons (Fsp3) is 0.429. The lowest BCUT2D eigenvalue weighted by molar-refractivity contribution is 0.357. The van der Waals surface area contributed by atoms with Gasteiger partial charge >= 0.3 is 0 Å². The molecule has 0 radical (unpaired) electrons. The Bertz CT molecular complexity index is 548. The van der Waals surface area contributed by atoms with Crippen molar-refractivity contribution in [3.8, 4) is 0 Å². The van der Waals surface area contributed by atoms with Crippen molar-refractivity contribution in [2.45, 2.75) is 26.8 Å². The molecule has 1 unspecified atom stereocenters. The van der Waals surface area contributed by atoms with Gasteiger partial charge in [-0.25, -0.2) is 0 Å². The van der Waals surface area contributed by atoms with E-state index in [0.717, 1.165) is 17.7 Å². The second kappa shape index (κ2) is 5.52. The Labute approximate surface area is 117 Å². The van der Waals surface area contributed by atoms with Crippen molar-refractivity contribution < 1.29 is 4.42 Å². The highest BCUT2D eigenvalue weighted by atomic mass is 35.5. The molecule has 0 saturated heterocycles. The normalized spacial score (nSPS) is 13.4. The highest BCUT2D eigenvalue weighted by Crippen LogP contribution is 2.35. The number of nitrogens with one attached hydrogen (secondary N) is 1. The van der Waals surface area contributed by atoms with E-state index in [0.29, 0.717) is 21.5 Å². The van der Waals surface area contributed by atoms with Crippen LogP contribution in [0, 0.1) is 5.92 Å². The Morgan fingerprint density at radius 2 is 2.00 bits per heavy atom. The van der Waals surface area contributed by atoms with Crippen molar-refractivity contribution in [1.82, 2.24) is 5.32 Å². The molecule has 1 N–H and O–H groups in total. The van der Waals surface area contributed by atoms with Gasteiger partial charge in [0.25, 0.3) is 0 Å². The Kier molecular flexibility index (Phi) is 4.21. The van der Waals surface area contributed by atoms with Gasteiger partial charge in [-0.2, -0.15) is 0 Å². The van der Waals surface area contributed by atoms with Gasteiger partial charge in [0.05, 0.1) is 11.1 Å². The maximum atomic E-state index is 6.15. The second-order valence-electron chi connectivity index (χ2n) is 4.71. The third-order valence-electron chi connectivity index (χ3n) is 3.00. The standard InChI is InChI=1S/C14H17Cl2NO/c1-4-17-13(8(2)3)11-7-9-5-6-10(15)12(16)14(9)18-11/h5-8,13,17H,4H2,1-3H3. The topological polar surface area (TPSA) is 25.2 Å². The van der Waals surface area contributed by atoms with Crippen LogP contribution in [0.25, 0.3) is 11.0 Å². The summed E-state index contributed by atoms with van der Waals surface area (Å²) in [5.74, 6) is 1.35. The second-order valence-corrected chi connectivity index (χ2v) is 5.49. The zero-order valence-electron chi connectivity index (χ0n) is 10.8. The van der Waals surface area contributed by atoms with Crippen molar-refractivity contribution in [3.63, 3.8) is 0 Å². The van der Waals surface area contributed by atoms with Crippen LogP contribution < -0.4 is 5.32 Å². The van der Waals surface area contributed by atoms with Gasteiger partial charge in [0.2, 0.25) is 0 Å². The van der Waals surface area contributed by atoms with Crippen LogP contribution in [0.15, 0.2) is 22.6 Å². The van der Waals surface area contributed by atoms with Gasteiger partial charge in [-0.15, -0.1) is 0 Å². The highest BCUT2D eigenvalue weighted by Gasteiger charge is 2.20. The third kappa shape index (κ3) is 2.51. The number of hydrogen-bond acceptors (Lipinski definition) is 2. The molecule has 1 aromatic heterocycles. The van der Waals surface area contributed by atoms with E-state index in [1.165, 1.54) is 0 Å². The van der Waals surface area contributed by atoms with E-state index in [1.54, 1.807) is 6.07 Å². The van der Waals surface area contributed by atoms with Crippen LogP contribution in [0.4, 0.5) is 0 Å². The minimum atomic E-state index is 0.192. The predicted molar refractivity (Wildman–Crippen MR) is 77.5 cm³/mol. The molecule has 18 heavy (non-hydrogen) atoms. The van der Waals surface area contributed by atoms with Crippen LogP contribution in [-0.2, 0) is 0 Å². The summed E-state index contributed by atoms with van der Waals surface area (Å²) in [6.45, 7) is 7.31. The average molecular weight is 286 g/mol. The summed E-state index contributed by atoms with van der Waals surface area (Å²) >= 11 is 12.1. The smallest absolute Gasteiger partial charge is 0.154 e. The Morgan fingerprint density at radius 1 is 1.28 bits per heavy atom. The number of hydrogen-bond donors (Lipinski definition) is 1. The van der Waals surface area contributed by atoms with E-state index in [2.05, 4.69) is 26.1 Å². The van der Waals surface area contributed by atoms with Crippen molar-refractivity contribution in [1.29, 1.82) is 0 Å². The minimum Gasteiger partial charge on any atom is -0.458 e. The summed E-state index contributed by atoms with van der Waals surface area (Å²) in [7, 11) is 0.